The molecule has 1 saturated carbocycles. The number of hydrogen-bond donors (Lipinski definition) is 2. The number of carbonyl (C=O) groups is 2. The molecule has 2 aromatic rings. The minimum absolute atomic E-state index is 0.234. The number of aryl methyl sites for hydroxylation is 1. The fraction of sp³-hybridized carbons (Fsp3) is 0.333. The van der Waals surface area contributed by atoms with E-state index in [0.717, 1.165) is 11.1 Å². The lowest BCUT2D eigenvalue weighted by molar-refractivity contribution is -0.137. The monoisotopic (exact) mass is 354 g/mol. The molecule has 0 radical (unpaired) electrons. The molecule has 0 bridgehead atoms. The summed E-state index contributed by atoms with van der Waals surface area (Å²) < 4.78 is 13.6. The fourth-order valence-corrected chi connectivity index (χ4v) is 3.04. The first kappa shape index (κ1) is 18.1. The minimum Gasteiger partial charge on any atom is -0.355 e. The molecular weight excluding hydrogens is 331 g/mol. The predicted octanol–water partition coefficient (Wildman–Crippen LogP) is 2.89. The highest BCUT2D eigenvalue weighted by atomic mass is 19.1. The van der Waals surface area contributed by atoms with Gasteiger partial charge in [0.2, 0.25) is 11.8 Å². The molecule has 0 spiro atoms. The normalized spacial score (nSPS) is 14.5. The zero-order valence-corrected chi connectivity index (χ0v) is 14.8. The molecule has 4 nitrogen and oxygen atoms in total. The van der Waals surface area contributed by atoms with E-state index in [1.165, 1.54) is 6.07 Å². The summed E-state index contributed by atoms with van der Waals surface area (Å²) in [7, 11) is 0. The number of amides is 2. The average molecular weight is 354 g/mol. The summed E-state index contributed by atoms with van der Waals surface area (Å²) in [4.78, 5) is 24.9. The first-order valence-electron chi connectivity index (χ1n) is 8.87. The molecule has 3 rings (SSSR count). The molecule has 0 unspecified atom stereocenters. The highest BCUT2D eigenvalue weighted by Crippen LogP contribution is 2.46. The summed E-state index contributed by atoms with van der Waals surface area (Å²) in [6, 6.07) is 14.4. The second-order valence-electron chi connectivity index (χ2n) is 6.85. The Morgan fingerprint density at radius 3 is 2.46 bits per heavy atom. The minimum atomic E-state index is -0.959. The molecule has 0 aromatic heterocycles. The molecule has 2 N–H and O–H groups in total. The summed E-state index contributed by atoms with van der Waals surface area (Å²) in [6.45, 7) is 2.72. The highest BCUT2D eigenvalue weighted by molar-refractivity contribution is 6.07. The number of hydrogen-bond acceptors (Lipinski definition) is 2. The summed E-state index contributed by atoms with van der Waals surface area (Å²) in [6.07, 6.45) is 1.51. The molecule has 0 atom stereocenters. The van der Waals surface area contributed by atoms with Gasteiger partial charge in [-0.15, -0.1) is 0 Å². The molecule has 2 aromatic carbocycles. The average Bonchev–Trinajstić information content (AvgIpc) is 3.43. The number of halogens is 1. The van der Waals surface area contributed by atoms with Crippen LogP contribution < -0.4 is 10.6 Å². The Bertz CT molecular complexity index is 815. The maximum atomic E-state index is 13.6. The van der Waals surface area contributed by atoms with Gasteiger partial charge >= 0.3 is 0 Å². The van der Waals surface area contributed by atoms with Gasteiger partial charge in [-0.25, -0.2) is 4.39 Å². The summed E-state index contributed by atoms with van der Waals surface area (Å²) >= 11 is 0. The van der Waals surface area contributed by atoms with E-state index in [1.54, 1.807) is 18.2 Å². The second-order valence-corrected chi connectivity index (χ2v) is 6.85. The third kappa shape index (κ3) is 4.10. The second kappa shape index (κ2) is 7.68. The van der Waals surface area contributed by atoms with Crippen molar-refractivity contribution >= 4 is 11.8 Å². The molecule has 2 amide bonds. The van der Waals surface area contributed by atoms with Crippen molar-refractivity contribution in [3.63, 3.8) is 0 Å². The van der Waals surface area contributed by atoms with Crippen LogP contribution in [0, 0.1) is 18.2 Å². The van der Waals surface area contributed by atoms with Gasteiger partial charge < -0.3 is 10.6 Å². The van der Waals surface area contributed by atoms with E-state index < -0.39 is 5.41 Å². The smallest absolute Gasteiger partial charge is 0.235 e. The number of nitrogens with one attached hydrogen (secondary N) is 2. The Balaban J connectivity index is 1.50. The van der Waals surface area contributed by atoms with Crippen molar-refractivity contribution in [2.75, 3.05) is 6.54 Å². The standard InChI is InChI=1S/C21H23FN2O2/c1-15-5-4-6-16(13-15)14-24-20(26)21(10-11-21)19(25)23-12-9-17-7-2-3-8-18(17)22/h2-8,13H,9-12,14H2,1H3,(H,23,25)(H,24,26). The SMILES string of the molecule is Cc1cccc(CNC(=O)C2(C(=O)NCCc3ccccc3F)CC2)c1. The number of carbonyl (C=O) groups excluding carboxylic acids is 2. The maximum Gasteiger partial charge on any atom is 0.235 e. The number of benzene rings is 2. The number of rotatable bonds is 7. The van der Waals surface area contributed by atoms with Crippen LogP contribution in [-0.4, -0.2) is 18.4 Å². The quantitative estimate of drug-likeness (QED) is 0.751. The zero-order valence-electron chi connectivity index (χ0n) is 14.8. The lowest BCUT2D eigenvalue weighted by atomic mass is 10.0. The van der Waals surface area contributed by atoms with Gasteiger partial charge in [-0.1, -0.05) is 48.0 Å². The topological polar surface area (TPSA) is 58.2 Å². The van der Waals surface area contributed by atoms with Crippen LogP contribution in [0.3, 0.4) is 0 Å². The van der Waals surface area contributed by atoms with E-state index in [4.69, 9.17) is 0 Å². The summed E-state index contributed by atoms with van der Waals surface area (Å²) in [5.41, 5.74) is 1.73. The van der Waals surface area contributed by atoms with Crippen LogP contribution in [0.2, 0.25) is 0 Å². The third-order valence-corrected chi connectivity index (χ3v) is 4.79. The zero-order chi connectivity index (χ0) is 18.6. The molecule has 136 valence electrons. The van der Waals surface area contributed by atoms with E-state index in [-0.39, 0.29) is 17.6 Å². The van der Waals surface area contributed by atoms with Gasteiger partial charge in [0.1, 0.15) is 11.2 Å². The Hall–Kier alpha value is -2.69. The van der Waals surface area contributed by atoms with E-state index in [2.05, 4.69) is 10.6 Å². The van der Waals surface area contributed by atoms with Gasteiger partial charge in [0, 0.05) is 13.1 Å². The van der Waals surface area contributed by atoms with Crippen molar-refractivity contribution in [1.82, 2.24) is 10.6 Å². The Kier molecular flexibility index (Phi) is 5.35. The first-order valence-corrected chi connectivity index (χ1v) is 8.87. The predicted molar refractivity (Wildman–Crippen MR) is 97.8 cm³/mol. The van der Waals surface area contributed by atoms with Crippen molar-refractivity contribution in [1.29, 1.82) is 0 Å². The summed E-state index contributed by atoms with van der Waals surface area (Å²) in [5.74, 6) is -0.781. The molecule has 1 aliphatic rings. The molecule has 5 heteroatoms. The van der Waals surface area contributed by atoms with Gasteiger partial charge in [-0.3, -0.25) is 9.59 Å². The molecular formula is C21H23FN2O2. The van der Waals surface area contributed by atoms with Crippen LogP contribution >= 0.6 is 0 Å². The van der Waals surface area contributed by atoms with Crippen LogP contribution in [0.1, 0.15) is 29.5 Å². The Morgan fingerprint density at radius 2 is 1.77 bits per heavy atom. The third-order valence-electron chi connectivity index (χ3n) is 4.79. The van der Waals surface area contributed by atoms with Crippen LogP contribution in [-0.2, 0) is 22.6 Å². The van der Waals surface area contributed by atoms with E-state index >= 15 is 0 Å². The lowest BCUT2D eigenvalue weighted by Crippen LogP contribution is -2.43. The molecule has 26 heavy (non-hydrogen) atoms. The largest absolute Gasteiger partial charge is 0.355 e. The van der Waals surface area contributed by atoms with Gasteiger partial charge in [-0.2, -0.15) is 0 Å². The van der Waals surface area contributed by atoms with Crippen molar-refractivity contribution in [2.24, 2.45) is 5.41 Å². The highest BCUT2D eigenvalue weighted by Gasteiger charge is 2.56. The maximum absolute atomic E-state index is 13.6. The lowest BCUT2D eigenvalue weighted by Gasteiger charge is -2.16. The van der Waals surface area contributed by atoms with E-state index in [0.29, 0.717) is 37.9 Å². The molecule has 1 aliphatic carbocycles. The molecule has 0 aliphatic heterocycles. The van der Waals surface area contributed by atoms with Crippen LogP contribution in [0.5, 0.6) is 0 Å². The molecule has 0 heterocycles. The first-order chi connectivity index (χ1) is 12.5. The van der Waals surface area contributed by atoms with E-state index in [1.807, 2.05) is 31.2 Å². The molecule has 0 saturated heterocycles. The van der Waals surface area contributed by atoms with E-state index in [9.17, 15) is 14.0 Å². The van der Waals surface area contributed by atoms with Crippen LogP contribution in [0.15, 0.2) is 48.5 Å². The molecule has 1 fully saturated rings. The van der Waals surface area contributed by atoms with Gasteiger partial charge in [0.15, 0.2) is 0 Å². The van der Waals surface area contributed by atoms with Crippen molar-refractivity contribution in [3.05, 3.63) is 71.0 Å². The van der Waals surface area contributed by atoms with Crippen LogP contribution in [0.4, 0.5) is 4.39 Å². The fourth-order valence-electron chi connectivity index (χ4n) is 3.04. The Labute approximate surface area is 152 Å². The Morgan fingerprint density at radius 1 is 1.04 bits per heavy atom. The van der Waals surface area contributed by atoms with Gasteiger partial charge in [-0.05, 0) is 43.4 Å². The summed E-state index contributed by atoms with van der Waals surface area (Å²) in [5, 5.41) is 5.65. The van der Waals surface area contributed by atoms with Gasteiger partial charge in [0.05, 0.1) is 0 Å². The van der Waals surface area contributed by atoms with Crippen molar-refractivity contribution in [2.45, 2.75) is 32.7 Å². The van der Waals surface area contributed by atoms with Gasteiger partial charge in [0.25, 0.3) is 0 Å². The van der Waals surface area contributed by atoms with Crippen molar-refractivity contribution < 1.29 is 14.0 Å². The van der Waals surface area contributed by atoms with Crippen LogP contribution in [0.25, 0.3) is 0 Å². The van der Waals surface area contributed by atoms with Crippen molar-refractivity contribution in [3.8, 4) is 0 Å².